The number of rotatable bonds is 7. The molecule has 2 amide bonds. The summed E-state index contributed by atoms with van der Waals surface area (Å²) in [7, 11) is 0. The number of amides is 2. The highest BCUT2D eigenvalue weighted by atomic mass is 19.1. The Bertz CT molecular complexity index is 905. The lowest BCUT2D eigenvalue weighted by Gasteiger charge is -2.26. The molecule has 1 aromatic heterocycles. The molecular formula is C22H25FN4O. The second kappa shape index (κ2) is 8.69. The Kier molecular flexibility index (Phi) is 6.09. The summed E-state index contributed by atoms with van der Waals surface area (Å²) in [6.07, 6.45) is 3.67. The van der Waals surface area contributed by atoms with Gasteiger partial charge in [-0.05, 0) is 28.8 Å². The standard InChI is InChI=1S/C22H25FN4O/c1-22(2,19-6-3-4-7-20(19)23)16-25-21(28)24-14-17-8-10-18(11-9-17)15-27-13-5-12-26-27/h3-13H,14-16H2,1-2H3,(H2,24,25,28). The molecule has 3 rings (SSSR count). The Morgan fingerprint density at radius 3 is 2.43 bits per heavy atom. The van der Waals surface area contributed by atoms with E-state index in [1.807, 2.05) is 55.1 Å². The van der Waals surface area contributed by atoms with E-state index >= 15 is 0 Å². The number of hydrogen-bond donors (Lipinski definition) is 2. The van der Waals surface area contributed by atoms with Crippen molar-refractivity contribution >= 4 is 6.03 Å². The van der Waals surface area contributed by atoms with E-state index in [9.17, 15) is 9.18 Å². The van der Waals surface area contributed by atoms with Gasteiger partial charge in [-0.25, -0.2) is 9.18 Å². The first kappa shape index (κ1) is 19.6. The Labute approximate surface area is 164 Å². The average Bonchev–Trinajstić information content (AvgIpc) is 3.19. The SMILES string of the molecule is CC(C)(CNC(=O)NCc1ccc(Cn2cccn2)cc1)c1ccccc1F. The molecule has 0 aliphatic carbocycles. The second-order valence-electron chi connectivity index (χ2n) is 7.42. The van der Waals surface area contributed by atoms with E-state index in [1.165, 1.54) is 6.07 Å². The van der Waals surface area contributed by atoms with E-state index < -0.39 is 5.41 Å². The van der Waals surface area contributed by atoms with Crippen molar-refractivity contribution in [1.82, 2.24) is 20.4 Å². The number of halogens is 1. The van der Waals surface area contributed by atoms with E-state index in [0.29, 0.717) is 25.2 Å². The largest absolute Gasteiger partial charge is 0.337 e. The van der Waals surface area contributed by atoms with E-state index in [0.717, 1.165) is 11.1 Å². The van der Waals surface area contributed by atoms with Gasteiger partial charge >= 0.3 is 6.03 Å². The van der Waals surface area contributed by atoms with Gasteiger partial charge in [0.05, 0.1) is 6.54 Å². The van der Waals surface area contributed by atoms with E-state index in [-0.39, 0.29) is 11.8 Å². The first-order chi connectivity index (χ1) is 13.4. The zero-order valence-electron chi connectivity index (χ0n) is 16.2. The van der Waals surface area contributed by atoms with Crippen molar-refractivity contribution in [2.75, 3.05) is 6.54 Å². The van der Waals surface area contributed by atoms with Crippen molar-refractivity contribution < 1.29 is 9.18 Å². The molecule has 146 valence electrons. The van der Waals surface area contributed by atoms with Crippen LogP contribution in [0.2, 0.25) is 0 Å². The van der Waals surface area contributed by atoms with Crippen molar-refractivity contribution in [2.24, 2.45) is 0 Å². The molecule has 5 nitrogen and oxygen atoms in total. The summed E-state index contributed by atoms with van der Waals surface area (Å²) in [6, 6.07) is 16.3. The Balaban J connectivity index is 1.47. The van der Waals surface area contributed by atoms with Crippen molar-refractivity contribution in [3.05, 3.63) is 89.5 Å². The number of benzene rings is 2. The second-order valence-corrected chi connectivity index (χ2v) is 7.42. The molecule has 2 N–H and O–H groups in total. The van der Waals surface area contributed by atoms with Crippen molar-refractivity contribution in [3.63, 3.8) is 0 Å². The molecule has 2 aromatic carbocycles. The van der Waals surface area contributed by atoms with Crippen LogP contribution in [0.1, 0.15) is 30.5 Å². The fourth-order valence-corrected chi connectivity index (χ4v) is 2.99. The fraction of sp³-hybridized carbons (Fsp3) is 0.273. The fourth-order valence-electron chi connectivity index (χ4n) is 2.99. The maximum atomic E-state index is 14.0. The van der Waals surface area contributed by atoms with Gasteiger partial charge in [-0.1, -0.05) is 56.3 Å². The van der Waals surface area contributed by atoms with Crippen LogP contribution in [-0.4, -0.2) is 22.4 Å². The average molecular weight is 380 g/mol. The number of aromatic nitrogens is 2. The van der Waals surface area contributed by atoms with Gasteiger partial charge in [-0.15, -0.1) is 0 Å². The van der Waals surface area contributed by atoms with Gasteiger partial charge in [0.15, 0.2) is 0 Å². The Hall–Kier alpha value is -3.15. The molecule has 0 saturated heterocycles. The lowest BCUT2D eigenvalue weighted by molar-refractivity contribution is 0.238. The lowest BCUT2D eigenvalue weighted by Crippen LogP contribution is -2.42. The number of carbonyl (C=O) groups excluding carboxylic acids is 1. The van der Waals surface area contributed by atoms with Crippen LogP contribution in [0.15, 0.2) is 67.0 Å². The summed E-state index contributed by atoms with van der Waals surface area (Å²) < 4.78 is 15.9. The van der Waals surface area contributed by atoms with Gasteiger partial charge in [0.1, 0.15) is 5.82 Å². The third kappa shape index (κ3) is 5.19. The normalized spacial score (nSPS) is 11.2. The Morgan fingerprint density at radius 1 is 1.04 bits per heavy atom. The molecule has 3 aromatic rings. The van der Waals surface area contributed by atoms with Crippen molar-refractivity contribution in [1.29, 1.82) is 0 Å². The van der Waals surface area contributed by atoms with Crippen LogP contribution in [0.3, 0.4) is 0 Å². The number of carbonyl (C=O) groups is 1. The highest BCUT2D eigenvalue weighted by molar-refractivity contribution is 5.74. The van der Waals surface area contributed by atoms with Crippen LogP contribution in [0.5, 0.6) is 0 Å². The molecule has 6 heteroatoms. The molecule has 0 aliphatic rings. The molecule has 1 heterocycles. The van der Waals surface area contributed by atoms with Crippen molar-refractivity contribution in [2.45, 2.75) is 32.4 Å². The first-order valence-electron chi connectivity index (χ1n) is 9.26. The number of nitrogens with one attached hydrogen (secondary N) is 2. The summed E-state index contributed by atoms with van der Waals surface area (Å²) >= 11 is 0. The van der Waals surface area contributed by atoms with Gasteiger partial charge in [-0.3, -0.25) is 4.68 Å². The summed E-state index contributed by atoms with van der Waals surface area (Å²) in [5, 5.41) is 9.86. The van der Waals surface area contributed by atoms with Crippen LogP contribution < -0.4 is 10.6 Å². The third-order valence-electron chi connectivity index (χ3n) is 4.67. The van der Waals surface area contributed by atoms with Crippen molar-refractivity contribution in [3.8, 4) is 0 Å². The number of urea groups is 1. The molecular weight excluding hydrogens is 355 g/mol. The van der Waals surface area contributed by atoms with Crippen LogP contribution in [0.25, 0.3) is 0 Å². The highest BCUT2D eigenvalue weighted by Gasteiger charge is 2.24. The smallest absolute Gasteiger partial charge is 0.315 e. The molecule has 0 radical (unpaired) electrons. The van der Waals surface area contributed by atoms with Crippen LogP contribution in [-0.2, 0) is 18.5 Å². The molecule has 0 aliphatic heterocycles. The molecule has 0 unspecified atom stereocenters. The molecule has 0 spiro atoms. The van der Waals surface area contributed by atoms with Crippen LogP contribution >= 0.6 is 0 Å². The third-order valence-corrected chi connectivity index (χ3v) is 4.67. The maximum absolute atomic E-state index is 14.0. The number of hydrogen-bond acceptors (Lipinski definition) is 2. The van der Waals surface area contributed by atoms with Gasteiger partial charge in [0.25, 0.3) is 0 Å². The van der Waals surface area contributed by atoms with E-state index in [1.54, 1.807) is 24.4 Å². The zero-order chi connectivity index (χ0) is 20.0. The molecule has 0 bridgehead atoms. The summed E-state index contributed by atoms with van der Waals surface area (Å²) in [4.78, 5) is 12.1. The van der Waals surface area contributed by atoms with Gasteiger partial charge < -0.3 is 10.6 Å². The van der Waals surface area contributed by atoms with Gasteiger partial charge in [0.2, 0.25) is 0 Å². The van der Waals surface area contributed by atoms with Crippen LogP contribution in [0, 0.1) is 5.82 Å². The molecule has 0 atom stereocenters. The highest BCUT2D eigenvalue weighted by Crippen LogP contribution is 2.24. The van der Waals surface area contributed by atoms with E-state index in [2.05, 4.69) is 15.7 Å². The minimum Gasteiger partial charge on any atom is -0.337 e. The molecule has 0 fully saturated rings. The molecule has 28 heavy (non-hydrogen) atoms. The van der Waals surface area contributed by atoms with Gasteiger partial charge in [-0.2, -0.15) is 5.10 Å². The topological polar surface area (TPSA) is 59.0 Å². The predicted molar refractivity (Wildman–Crippen MR) is 107 cm³/mol. The van der Waals surface area contributed by atoms with E-state index in [4.69, 9.17) is 0 Å². The van der Waals surface area contributed by atoms with Crippen LogP contribution in [0.4, 0.5) is 9.18 Å². The summed E-state index contributed by atoms with van der Waals surface area (Å²) in [5.41, 5.74) is 2.23. The monoisotopic (exact) mass is 380 g/mol. The summed E-state index contributed by atoms with van der Waals surface area (Å²) in [5.74, 6) is -0.259. The first-order valence-corrected chi connectivity index (χ1v) is 9.26. The maximum Gasteiger partial charge on any atom is 0.315 e. The predicted octanol–water partition coefficient (Wildman–Crippen LogP) is 3.85. The lowest BCUT2D eigenvalue weighted by atomic mass is 9.84. The minimum atomic E-state index is -0.503. The zero-order valence-corrected chi connectivity index (χ0v) is 16.2. The quantitative estimate of drug-likeness (QED) is 0.654. The number of nitrogens with zero attached hydrogens (tertiary/aromatic N) is 2. The van der Waals surface area contributed by atoms with Gasteiger partial charge in [0, 0.05) is 30.9 Å². The minimum absolute atomic E-state index is 0.259. The Morgan fingerprint density at radius 2 is 1.75 bits per heavy atom. The summed E-state index contributed by atoms with van der Waals surface area (Å²) in [6.45, 7) is 5.29. The molecule has 0 saturated carbocycles.